The van der Waals surface area contributed by atoms with E-state index in [1.807, 2.05) is 0 Å². The number of hydrogen-bond acceptors (Lipinski definition) is 2. The molecule has 1 aromatic carbocycles. The van der Waals surface area contributed by atoms with Crippen molar-refractivity contribution in [3.63, 3.8) is 0 Å². The number of anilines is 1. The number of rotatable bonds is 3. The highest BCUT2D eigenvalue weighted by Crippen LogP contribution is 2.22. The number of aryl methyl sites for hydroxylation is 1. The Kier molecular flexibility index (Phi) is 3.00. The fourth-order valence-electron chi connectivity index (χ4n) is 1.76. The lowest BCUT2D eigenvalue weighted by Crippen LogP contribution is -2.05. The first-order chi connectivity index (χ1) is 7.99. The first-order valence-corrected chi connectivity index (χ1v) is 5.59. The van der Waals surface area contributed by atoms with E-state index in [1.54, 1.807) is 4.57 Å². The molecular formula is C12H15F2N3. The molecule has 0 aliphatic heterocycles. The first-order valence-electron chi connectivity index (χ1n) is 5.59. The molecule has 0 amide bonds. The number of halogens is 2. The van der Waals surface area contributed by atoms with Crippen LogP contribution in [0.1, 0.15) is 20.3 Å². The van der Waals surface area contributed by atoms with E-state index in [4.69, 9.17) is 5.73 Å². The van der Waals surface area contributed by atoms with Gasteiger partial charge in [-0.25, -0.2) is 13.8 Å². The van der Waals surface area contributed by atoms with Crippen molar-refractivity contribution in [2.45, 2.75) is 26.8 Å². The lowest BCUT2D eigenvalue weighted by molar-refractivity contribution is 0.508. The number of imidazole rings is 1. The summed E-state index contributed by atoms with van der Waals surface area (Å²) in [5.41, 5.74) is 6.68. The Bertz CT molecular complexity index is 546. The maximum absolute atomic E-state index is 13.2. The molecule has 2 aromatic rings. The average molecular weight is 239 g/mol. The summed E-state index contributed by atoms with van der Waals surface area (Å²) in [6.45, 7) is 4.84. The normalized spacial score (nSPS) is 11.6. The number of nitrogens with zero attached hydrogens (tertiary/aromatic N) is 2. The van der Waals surface area contributed by atoms with Gasteiger partial charge in [-0.15, -0.1) is 0 Å². The Morgan fingerprint density at radius 1 is 1.29 bits per heavy atom. The topological polar surface area (TPSA) is 43.8 Å². The molecule has 2 N–H and O–H groups in total. The van der Waals surface area contributed by atoms with Gasteiger partial charge in [0.1, 0.15) is 0 Å². The highest BCUT2D eigenvalue weighted by atomic mass is 19.2. The molecule has 92 valence electrons. The standard InChI is InChI=1S/C12H15F2N3/c1-7(2)3-4-17-11-6-9(14)8(13)5-10(11)16-12(17)15/h5-7H,3-4H2,1-2H3,(H2,15,16). The van der Waals surface area contributed by atoms with Crippen LogP contribution < -0.4 is 5.73 Å². The molecule has 17 heavy (non-hydrogen) atoms. The smallest absolute Gasteiger partial charge is 0.201 e. The fourth-order valence-corrected chi connectivity index (χ4v) is 1.76. The number of hydrogen-bond donors (Lipinski definition) is 1. The zero-order chi connectivity index (χ0) is 12.6. The van der Waals surface area contributed by atoms with E-state index >= 15 is 0 Å². The minimum atomic E-state index is -0.897. The molecule has 0 bridgehead atoms. The van der Waals surface area contributed by atoms with E-state index in [0.717, 1.165) is 18.6 Å². The van der Waals surface area contributed by atoms with Gasteiger partial charge in [-0.1, -0.05) is 13.8 Å². The molecular weight excluding hydrogens is 224 g/mol. The minimum absolute atomic E-state index is 0.297. The lowest BCUT2D eigenvalue weighted by Gasteiger charge is -2.08. The summed E-state index contributed by atoms with van der Waals surface area (Å²) in [6, 6.07) is 2.22. The van der Waals surface area contributed by atoms with Crippen LogP contribution in [0.2, 0.25) is 0 Å². The van der Waals surface area contributed by atoms with Gasteiger partial charge >= 0.3 is 0 Å². The summed E-state index contributed by atoms with van der Waals surface area (Å²) in [6.07, 6.45) is 0.911. The van der Waals surface area contributed by atoms with Crippen molar-refractivity contribution in [2.24, 2.45) is 5.92 Å². The van der Waals surface area contributed by atoms with E-state index in [-0.39, 0.29) is 0 Å². The van der Waals surface area contributed by atoms with Crippen LogP contribution in [0.4, 0.5) is 14.7 Å². The van der Waals surface area contributed by atoms with Crippen molar-refractivity contribution in [2.75, 3.05) is 5.73 Å². The van der Waals surface area contributed by atoms with Crippen molar-refractivity contribution < 1.29 is 8.78 Å². The summed E-state index contributed by atoms with van der Waals surface area (Å²) in [7, 11) is 0. The van der Waals surface area contributed by atoms with Crippen LogP contribution in [-0.2, 0) is 6.54 Å². The Balaban J connectivity index is 2.47. The van der Waals surface area contributed by atoms with E-state index in [2.05, 4.69) is 18.8 Å². The van der Waals surface area contributed by atoms with E-state index in [1.165, 1.54) is 0 Å². The molecule has 3 nitrogen and oxygen atoms in total. The van der Waals surface area contributed by atoms with Gasteiger partial charge in [0.05, 0.1) is 11.0 Å². The maximum Gasteiger partial charge on any atom is 0.201 e. The molecule has 0 aliphatic rings. The quantitative estimate of drug-likeness (QED) is 0.894. The van der Waals surface area contributed by atoms with E-state index in [0.29, 0.717) is 29.4 Å². The predicted molar refractivity (Wildman–Crippen MR) is 63.5 cm³/mol. The average Bonchev–Trinajstić information content (AvgIpc) is 2.52. The zero-order valence-electron chi connectivity index (χ0n) is 9.87. The van der Waals surface area contributed by atoms with Gasteiger partial charge in [-0.05, 0) is 12.3 Å². The van der Waals surface area contributed by atoms with Gasteiger partial charge in [-0.2, -0.15) is 0 Å². The van der Waals surface area contributed by atoms with Gasteiger partial charge in [0, 0.05) is 18.7 Å². The van der Waals surface area contributed by atoms with Crippen molar-refractivity contribution >= 4 is 17.0 Å². The third kappa shape index (κ3) is 2.23. The van der Waals surface area contributed by atoms with Gasteiger partial charge in [0.2, 0.25) is 5.95 Å². The highest BCUT2D eigenvalue weighted by Gasteiger charge is 2.12. The Morgan fingerprint density at radius 2 is 1.94 bits per heavy atom. The van der Waals surface area contributed by atoms with Gasteiger partial charge in [0.15, 0.2) is 11.6 Å². The van der Waals surface area contributed by atoms with Crippen LogP contribution in [0.15, 0.2) is 12.1 Å². The van der Waals surface area contributed by atoms with Crippen LogP contribution in [0.3, 0.4) is 0 Å². The second-order valence-corrected chi connectivity index (χ2v) is 4.56. The number of benzene rings is 1. The largest absolute Gasteiger partial charge is 0.369 e. The molecule has 0 unspecified atom stereocenters. The molecule has 0 spiro atoms. The summed E-state index contributed by atoms with van der Waals surface area (Å²) in [5.74, 6) is -0.961. The molecule has 0 saturated heterocycles. The summed E-state index contributed by atoms with van der Waals surface area (Å²) in [5, 5.41) is 0. The molecule has 1 heterocycles. The summed E-state index contributed by atoms with van der Waals surface area (Å²) < 4.78 is 27.9. The van der Waals surface area contributed by atoms with Gasteiger partial charge < -0.3 is 10.3 Å². The van der Waals surface area contributed by atoms with E-state index < -0.39 is 11.6 Å². The van der Waals surface area contributed by atoms with Gasteiger partial charge in [0.25, 0.3) is 0 Å². The predicted octanol–water partition coefficient (Wildman–Crippen LogP) is 2.94. The number of nitrogens with two attached hydrogens (primary N) is 1. The first kappa shape index (κ1) is 11.8. The molecule has 0 atom stereocenters. The Labute approximate surface area is 98.2 Å². The second-order valence-electron chi connectivity index (χ2n) is 4.56. The molecule has 0 radical (unpaired) electrons. The SMILES string of the molecule is CC(C)CCn1c(N)nc2cc(F)c(F)cc21. The van der Waals surface area contributed by atoms with E-state index in [9.17, 15) is 8.78 Å². The van der Waals surface area contributed by atoms with Crippen molar-refractivity contribution in [1.82, 2.24) is 9.55 Å². The highest BCUT2D eigenvalue weighted by molar-refractivity contribution is 5.78. The third-order valence-electron chi connectivity index (χ3n) is 2.75. The molecule has 5 heteroatoms. The zero-order valence-corrected chi connectivity index (χ0v) is 9.87. The van der Waals surface area contributed by atoms with Crippen LogP contribution in [0.25, 0.3) is 11.0 Å². The van der Waals surface area contributed by atoms with Crippen LogP contribution in [0.5, 0.6) is 0 Å². The summed E-state index contributed by atoms with van der Waals surface area (Å²) in [4.78, 5) is 4.03. The van der Waals surface area contributed by atoms with Crippen molar-refractivity contribution in [3.05, 3.63) is 23.8 Å². The second kappa shape index (κ2) is 4.31. The Morgan fingerprint density at radius 3 is 2.59 bits per heavy atom. The fraction of sp³-hybridized carbons (Fsp3) is 0.417. The van der Waals surface area contributed by atoms with Crippen molar-refractivity contribution in [3.8, 4) is 0 Å². The van der Waals surface area contributed by atoms with Gasteiger partial charge in [-0.3, -0.25) is 0 Å². The maximum atomic E-state index is 13.2. The van der Waals surface area contributed by atoms with Crippen LogP contribution in [-0.4, -0.2) is 9.55 Å². The molecule has 0 aliphatic carbocycles. The lowest BCUT2D eigenvalue weighted by atomic mass is 10.1. The molecule has 1 aromatic heterocycles. The monoisotopic (exact) mass is 239 g/mol. The number of aromatic nitrogens is 2. The summed E-state index contributed by atoms with van der Waals surface area (Å²) >= 11 is 0. The van der Waals surface area contributed by atoms with Crippen LogP contribution in [0, 0.1) is 17.6 Å². The number of nitrogen functional groups attached to an aromatic ring is 1. The molecule has 0 fully saturated rings. The molecule has 2 rings (SSSR count). The minimum Gasteiger partial charge on any atom is -0.369 e. The Hall–Kier alpha value is -1.65. The third-order valence-corrected chi connectivity index (χ3v) is 2.75. The van der Waals surface area contributed by atoms with Crippen molar-refractivity contribution in [1.29, 1.82) is 0 Å². The van der Waals surface area contributed by atoms with Crippen LogP contribution >= 0.6 is 0 Å². The molecule has 0 saturated carbocycles. The number of fused-ring (bicyclic) bond motifs is 1.